The number of thioether (sulfide) groups is 1. The first-order valence-corrected chi connectivity index (χ1v) is 9.44. The van der Waals surface area contributed by atoms with Crippen LogP contribution in [0.4, 0.5) is 13.9 Å². The van der Waals surface area contributed by atoms with Crippen molar-refractivity contribution in [1.82, 2.24) is 4.98 Å². The van der Waals surface area contributed by atoms with Gasteiger partial charge in [-0.2, -0.15) is 8.78 Å². The highest BCUT2D eigenvalue weighted by molar-refractivity contribution is 7.99. The molecule has 3 nitrogen and oxygen atoms in total. The summed E-state index contributed by atoms with van der Waals surface area (Å²) in [6.45, 7) is 0. The van der Waals surface area contributed by atoms with Crippen LogP contribution in [0.5, 0.6) is 0 Å². The maximum Gasteiger partial charge on any atom is 0.288 e. The Labute approximate surface area is 156 Å². The van der Waals surface area contributed by atoms with Crippen molar-refractivity contribution < 1.29 is 13.6 Å². The summed E-state index contributed by atoms with van der Waals surface area (Å²) in [5.74, 6) is -2.72. The molecule has 0 spiro atoms. The van der Waals surface area contributed by atoms with Crippen LogP contribution >= 0.6 is 23.1 Å². The summed E-state index contributed by atoms with van der Waals surface area (Å²) >= 11 is 1.76. The molecular formula is C19H12F2N2OS2. The zero-order valence-electron chi connectivity index (χ0n) is 13.3. The van der Waals surface area contributed by atoms with Crippen LogP contribution in [0.3, 0.4) is 0 Å². The summed E-state index contributed by atoms with van der Waals surface area (Å²) in [5, 5.41) is 5.28. The first kappa shape index (κ1) is 16.9. The number of nitrogens with one attached hydrogen (secondary N) is 1. The molecule has 0 aliphatic carbocycles. The lowest BCUT2D eigenvalue weighted by Gasteiger charge is -2.03. The maximum absolute atomic E-state index is 12.5. The molecule has 0 bridgehead atoms. The Bertz CT molecular complexity index is 1110. The third-order valence-electron chi connectivity index (χ3n) is 3.82. The molecule has 0 fully saturated rings. The van der Waals surface area contributed by atoms with E-state index in [9.17, 15) is 13.6 Å². The van der Waals surface area contributed by atoms with Gasteiger partial charge in [-0.25, -0.2) is 4.98 Å². The van der Waals surface area contributed by atoms with Crippen molar-refractivity contribution in [2.45, 2.75) is 10.7 Å². The number of hydrogen-bond donors (Lipinski definition) is 1. The number of thiazole rings is 1. The number of aromatic nitrogens is 1. The van der Waals surface area contributed by atoms with Gasteiger partial charge in [0, 0.05) is 10.5 Å². The molecule has 0 radical (unpaired) electrons. The van der Waals surface area contributed by atoms with Crippen LogP contribution in [-0.4, -0.2) is 16.6 Å². The monoisotopic (exact) mass is 386 g/mol. The van der Waals surface area contributed by atoms with E-state index in [0.29, 0.717) is 32.9 Å². The molecule has 0 saturated heterocycles. The topological polar surface area (TPSA) is 42.0 Å². The first-order chi connectivity index (χ1) is 12.6. The lowest BCUT2D eigenvalue weighted by molar-refractivity contribution is 0.102. The van der Waals surface area contributed by atoms with E-state index >= 15 is 0 Å². The zero-order chi connectivity index (χ0) is 18.1. The summed E-state index contributed by atoms with van der Waals surface area (Å²) in [4.78, 5) is 17.3. The average molecular weight is 386 g/mol. The van der Waals surface area contributed by atoms with Crippen LogP contribution in [0.2, 0.25) is 0 Å². The second kappa shape index (κ2) is 7.01. The molecule has 0 unspecified atom stereocenters. The van der Waals surface area contributed by atoms with Crippen molar-refractivity contribution in [2.75, 3.05) is 5.32 Å². The molecule has 1 amide bonds. The van der Waals surface area contributed by atoms with Gasteiger partial charge in [0.2, 0.25) is 0 Å². The predicted molar refractivity (Wildman–Crippen MR) is 103 cm³/mol. The molecule has 4 rings (SSSR count). The van der Waals surface area contributed by atoms with Gasteiger partial charge >= 0.3 is 0 Å². The smallest absolute Gasteiger partial charge is 0.288 e. The van der Waals surface area contributed by atoms with Crippen molar-refractivity contribution in [3.63, 3.8) is 0 Å². The number of anilines is 1. The fraction of sp³-hybridized carbons (Fsp3) is 0.0526. The van der Waals surface area contributed by atoms with Gasteiger partial charge in [-0.3, -0.25) is 10.1 Å². The van der Waals surface area contributed by atoms with E-state index in [0.717, 1.165) is 15.5 Å². The van der Waals surface area contributed by atoms with Gasteiger partial charge in [-0.05, 0) is 41.1 Å². The Kier molecular flexibility index (Phi) is 4.57. The Morgan fingerprint density at radius 1 is 1.04 bits per heavy atom. The Morgan fingerprint density at radius 3 is 2.65 bits per heavy atom. The molecule has 0 saturated carbocycles. The summed E-state index contributed by atoms with van der Waals surface area (Å²) in [6.07, 6.45) is 0. The van der Waals surface area contributed by atoms with E-state index in [1.165, 1.54) is 11.3 Å². The van der Waals surface area contributed by atoms with Crippen molar-refractivity contribution in [3.05, 3.63) is 66.2 Å². The molecule has 1 aromatic heterocycles. The number of carbonyl (C=O) groups is 1. The SMILES string of the molecule is O=C(Nc1nc2ccc(SC(F)F)cc2s1)c1ccc2ccccc2c1. The first-order valence-electron chi connectivity index (χ1n) is 7.74. The lowest BCUT2D eigenvalue weighted by Crippen LogP contribution is -2.11. The lowest BCUT2D eigenvalue weighted by atomic mass is 10.1. The number of benzene rings is 3. The van der Waals surface area contributed by atoms with Crippen molar-refractivity contribution in [2.24, 2.45) is 0 Å². The minimum absolute atomic E-state index is 0.253. The van der Waals surface area contributed by atoms with E-state index in [-0.39, 0.29) is 5.91 Å². The summed E-state index contributed by atoms with van der Waals surface area (Å²) < 4.78 is 25.7. The molecule has 130 valence electrons. The van der Waals surface area contributed by atoms with E-state index in [2.05, 4.69) is 10.3 Å². The number of amides is 1. The van der Waals surface area contributed by atoms with Crippen molar-refractivity contribution >= 4 is 55.1 Å². The number of halogens is 2. The number of fused-ring (bicyclic) bond motifs is 2. The second-order valence-electron chi connectivity index (χ2n) is 5.54. The van der Waals surface area contributed by atoms with Crippen LogP contribution in [0.15, 0.2) is 65.6 Å². The van der Waals surface area contributed by atoms with Crippen LogP contribution in [0.1, 0.15) is 10.4 Å². The van der Waals surface area contributed by atoms with Crippen LogP contribution < -0.4 is 5.32 Å². The Balaban J connectivity index is 1.58. The third kappa shape index (κ3) is 3.54. The van der Waals surface area contributed by atoms with Gasteiger partial charge in [0.15, 0.2) is 5.13 Å². The molecule has 3 aromatic carbocycles. The second-order valence-corrected chi connectivity index (χ2v) is 7.64. The van der Waals surface area contributed by atoms with Gasteiger partial charge in [-0.15, -0.1) is 0 Å². The molecule has 4 aromatic rings. The third-order valence-corrected chi connectivity index (χ3v) is 5.46. The fourth-order valence-electron chi connectivity index (χ4n) is 2.63. The number of alkyl halides is 2. The average Bonchev–Trinajstić information content (AvgIpc) is 3.02. The van der Waals surface area contributed by atoms with Crippen molar-refractivity contribution in [3.8, 4) is 0 Å². The Hall–Kier alpha value is -2.51. The summed E-state index contributed by atoms with van der Waals surface area (Å²) in [5.41, 5.74) is 1.21. The van der Waals surface area contributed by atoms with E-state index in [1.54, 1.807) is 24.3 Å². The van der Waals surface area contributed by atoms with Gasteiger partial charge in [-0.1, -0.05) is 53.4 Å². The maximum atomic E-state index is 12.5. The molecule has 0 atom stereocenters. The van der Waals surface area contributed by atoms with Crippen molar-refractivity contribution in [1.29, 1.82) is 0 Å². The normalized spacial score (nSPS) is 11.3. The van der Waals surface area contributed by atoms with Gasteiger partial charge in [0.1, 0.15) is 0 Å². The molecule has 1 N–H and O–H groups in total. The largest absolute Gasteiger partial charge is 0.298 e. The van der Waals surface area contributed by atoms with Gasteiger partial charge < -0.3 is 0 Å². The minimum Gasteiger partial charge on any atom is -0.298 e. The number of nitrogens with zero attached hydrogens (tertiary/aromatic N) is 1. The predicted octanol–water partition coefficient (Wildman–Crippen LogP) is 6.02. The van der Waals surface area contributed by atoms with Gasteiger partial charge in [0.25, 0.3) is 11.7 Å². The molecule has 1 heterocycles. The number of hydrogen-bond acceptors (Lipinski definition) is 4. The van der Waals surface area contributed by atoms with E-state index in [4.69, 9.17) is 0 Å². The zero-order valence-corrected chi connectivity index (χ0v) is 14.9. The summed E-state index contributed by atoms with van der Waals surface area (Å²) in [6, 6.07) is 18.3. The highest BCUT2D eigenvalue weighted by atomic mass is 32.2. The van der Waals surface area contributed by atoms with Crippen LogP contribution in [0, 0.1) is 0 Å². The number of rotatable bonds is 4. The molecule has 0 aliphatic heterocycles. The summed E-state index contributed by atoms with van der Waals surface area (Å²) in [7, 11) is 0. The van der Waals surface area contributed by atoms with Crippen LogP contribution in [-0.2, 0) is 0 Å². The van der Waals surface area contributed by atoms with Gasteiger partial charge in [0.05, 0.1) is 10.2 Å². The fourth-order valence-corrected chi connectivity index (χ4v) is 4.15. The quantitative estimate of drug-likeness (QED) is 0.436. The minimum atomic E-state index is -2.47. The molecule has 7 heteroatoms. The number of carbonyl (C=O) groups excluding carboxylic acids is 1. The van der Waals surface area contributed by atoms with Crippen LogP contribution in [0.25, 0.3) is 21.0 Å². The molecular weight excluding hydrogens is 374 g/mol. The highest BCUT2D eigenvalue weighted by Gasteiger charge is 2.12. The van der Waals surface area contributed by atoms with E-state index in [1.807, 2.05) is 36.4 Å². The molecule has 26 heavy (non-hydrogen) atoms. The standard InChI is InChI=1S/C19H12F2N2OS2/c20-18(21)25-14-7-8-15-16(10-14)26-19(22-15)23-17(24)13-6-5-11-3-1-2-4-12(11)9-13/h1-10,18H,(H,22,23,24). The molecule has 0 aliphatic rings. The highest BCUT2D eigenvalue weighted by Crippen LogP contribution is 2.32. The Morgan fingerprint density at radius 2 is 1.85 bits per heavy atom. The van der Waals surface area contributed by atoms with E-state index < -0.39 is 5.76 Å².